The van der Waals surface area contributed by atoms with E-state index in [1.165, 1.54) is 6.07 Å². The highest BCUT2D eigenvalue weighted by Crippen LogP contribution is 2.29. The first-order valence-electron chi connectivity index (χ1n) is 8.56. The number of carboxylic acid groups (broad SMARTS) is 1. The van der Waals surface area contributed by atoms with Crippen LogP contribution >= 0.6 is 0 Å². The van der Waals surface area contributed by atoms with E-state index in [4.69, 9.17) is 0 Å². The van der Waals surface area contributed by atoms with Crippen LogP contribution in [-0.2, 0) is 4.79 Å². The number of nitrogens with one attached hydrogen (secondary N) is 3. The van der Waals surface area contributed by atoms with Gasteiger partial charge < -0.3 is 21.1 Å². The molecule has 4 N–H and O–H groups in total. The molecule has 136 valence electrons. The summed E-state index contributed by atoms with van der Waals surface area (Å²) in [5, 5.41) is 17.6. The molecular weight excluding hydrogens is 322 g/mol. The van der Waals surface area contributed by atoms with Gasteiger partial charge in [0.2, 0.25) is 0 Å². The van der Waals surface area contributed by atoms with Crippen LogP contribution in [0.5, 0.6) is 0 Å². The quantitative estimate of drug-likeness (QED) is 0.657. The number of anilines is 1. The summed E-state index contributed by atoms with van der Waals surface area (Å²) in [4.78, 5) is 36.0. The molecule has 0 radical (unpaired) electrons. The van der Waals surface area contributed by atoms with Crippen LogP contribution < -0.4 is 16.0 Å². The van der Waals surface area contributed by atoms with Crippen LogP contribution in [0, 0.1) is 0 Å². The summed E-state index contributed by atoms with van der Waals surface area (Å²) in [6, 6.07) is 6.08. The molecule has 0 unspecified atom stereocenters. The van der Waals surface area contributed by atoms with Crippen molar-refractivity contribution in [2.75, 3.05) is 5.32 Å². The molecule has 1 aliphatic carbocycles. The van der Waals surface area contributed by atoms with Gasteiger partial charge in [-0.05, 0) is 44.9 Å². The zero-order chi connectivity index (χ0) is 18.4. The third-order valence-corrected chi connectivity index (χ3v) is 4.27. The Hall–Kier alpha value is -2.57. The first-order valence-corrected chi connectivity index (χ1v) is 8.56. The van der Waals surface area contributed by atoms with E-state index in [2.05, 4.69) is 16.0 Å². The average molecular weight is 347 g/mol. The van der Waals surface area contributed by atoms with E-state index in [9.17, 15) is 19.5 Å². The van der Waals surface area contributed by atoms with Crippen LogP contribution in [0.1, 0.15) is 56.3 Å². The van der Waals surface area contributed by atoms with Crippen molar-refractivity contribution in [3.05, 3.63) is 29.8 Å². The maximum Gasteiger partial charge on any atom is 0.329 e. The molecule has 0 atom stereocenters. The maximum absolute atomic E-state index is 12.5. The van der Waals surface area contributed by atoms with Crippen molar-refractivity contribution in [2.24, 2.45) is 0 Å². The molecule has 0 aliphatic heterocycles. The van der Waals surface area contributed by atoms with Crippen molar-refractivity contribution in [1.82, 2.24) is 10.6 Å². The predicted octanol–water partition coefficient (Wildman–Crippen LogP) is 2.73. The van der Waals surface area contributed by atoms with Gasteiger partial charge in [-0.2, -0.15) is 0 Å². The first-order chi connectivity index (χ1) is 11.8. The van der Waals surface area contributed by atoms with E-state index < -0.39 is 17.4 Å². The highest BCUT2D eigenvalue weighted by atomic mass is 16.4. The standard InChI is InChI=1S/C18H25N3O4/c1-12(2)19-17(25)20-14-8-6-7-13(11-14)15(22)21-18(16(23)24)9-4-3-5-10-18/h6-8,11-12H,3-5,9-10H2,1-2H3,(H,21,22)(H,23,24)(H2,19,20,25). The normalized spacial score (nSPS) is 16.1. The number of urea groups is 1. The second-order valence-electron chi connectivity index (χ2n) is 6.74. The lowest BCUT2D eigenvalue weighted by Gasteiger charge is -2.34. The van der Waals surface area contributed by atoms with Gasteiger partial charge in [0, 0.05) is 17.3 Å². The number of hydrogen-bond donors (Lipinski definition) is 4. The van der Waals surface area contributed by atoms with Gasteiger partial charge in [-0.1, -0.05) is 25.3 Å². The zero-order valence-electron chi connectivity index (χ0n) is 14.6. The molecule has 7 heteroatoms. The lowest BCUT2D eigenvalue weighted by molar-refractivity contribution is -0.145. The SMILES string of the molecule is CC(C)NC(=O)Nc1cccc(C(=O)NC2(C(=O)O)CCCCC2)c1. The topological polar surface area (TPSA) is 108 Å². The number of aliphatic carboxylic acids is 1. The molecule has 1 aliphatic rings. The van der Waals surface area contributed by atoms with Crippen LogP contribution in [0.25, 0.3) is 0 Å². The summed E-state index contributed by atoms with van der Waals surface area (Å²) in [5.74, 6) is -1.44. The van der Waals surface area contributed by atoms with Crippen LogP contribution in [0.3, 0.4) is 0 Å². The Morgan fingerprint density at radius 2 is 1.80 bits per heavy atom. The molecule has 3 amide bonds. The minimum Gasteiger partial charge on any atom is -0.480 e. The van der Waals surface area contributed by atoms with Crippen molar-refractivity contribution in [3.8, 4) is 0 Å². The molecule has 1 aromatic carbocycles. The fourth-order valence-corrected chi connectivity index (χ4v) is 3.00. The fraction of sp³-hybridized carbons (Fsp3) is 0.500. The van der Waals surface area contributed by atoms with Gasteiger partial charge >= 0.3 is 12.0 Å². The van der Waals surface area contributed by atoms with Crippen molar-refractivity contribution < 1.29 is 19.5 Å². The monoisotopic (exact) mass is 347 g/mol. The van der Waals surface area contributed by atoms with E-state index in [1.807, 2.05) is 13.8 Å². The molecule has 0 spiro atoms. The summed E-state index contributed by atoms with van der Waals surface area (Å²) in [5.41, 5.74) is -0.416. The molecule has 25 heavy (non-hydrogen) atoms. The number of benzene rings is 1. The van der Waals surface area contributed by atoms with Crippen LogP contribution in [0.15, 0.2) is 24.3 Å². The zero-order valence-corrected chi connectivity index (χ0v) is 14.6. The van der Waals surface area contributed by atoms with Crippen molar-refractivity contribution in [2.45, 2.75) is 57.5 Å². The van der Waals surface area contributed by atoms with Crippen molar-refractivity contribution >= 4 is 23.6 Å². The first kappa shape index (κ1) is 18.8. The van der Waals surface area contributed by atoms with E-state index in [0.717, 1.165) is 19.3 Å². The number of hydrogen-bond acceptors (Lipinski definition) is 3. The van der Waals surface area contributed by atoms with Gasteiger partial charge in [-0.15, -0.1) is 0 Å². The van der Waals surface area contributed by atoms with Gasteiger partial charge in [0.15, 0.2) is 0 Å². The average Bonchev–Trinajstić information content (AvgIpc) is 2.55. The molecule has 0 aromatic heterocycles. The summed E-state index contributed by atoms with van der Waals surface area (Å²) in [6.07, 6.45) is 3.41. The summed E-state index contributed by atoms with van der Waals surface area (Å²) in [7, 11) is 0. The minimum absolute atomic E-state index is 0.00629. The van der Waals surface area contributed by atoms with Crippen LogP contribution in [0.2, 0.25) is 0 Å². The van der Waals surface area contributed by atoms with Gasteiger partial charge in [0.25, 0.3) is 5.91 Å². The molecule has 0 saturated heterocycles. The van der Waals surface area contributed by atoms with Crippen LogP contribution in [0.4, 0.5) is 10.5 Å². The Balaban J connectivity index is 2.10. The van der Waals surface area contributed by atoms with E-state index >= 15 is 0 Å². The Morgan fingerprint density at radius 3 is 2.40 bits per heavy atom. The largest absolute Gasteiger partial charge is 0.480 e. The molecule has 1 fully saturated rings. The minimum atomic E-state index is -1.20. The number of carboxylic acids is 1. The molecule has 7 nitrogen and oxygen atoms in total. The van der Waals surface area contributed by atoms with Gasteiger partial charge in [0.1, 0.15) is 5.54 Å². The second-order valence-corrected chi connectivity index (χ2v) is 6.74. The number of rotatable bonds is 5. The Morgan fingerprint density at radius 1 is 1.12 bits per heavy atom. The molecular formula is C18H25N3O4. The van der Waals surface area contributed by atoms with Gasteiger partial charge in [0.05, 0.1) is 0 Å². The summed E-state index contributed by atoms with van der Waals surface area (Å²) in [6.45, 7) is 3.69. The number of amides is 3. The fourth-order valence-electron chi connectivity index (χ4n) is 3.00. The third kappa shape index (κ3) is 4.95. The number of carbonyl (C=O) groups excluding carboxylic acids is 2. The highest BCUT2D eigenvalue weighted by Gasteiger charge is 2.41. The van der Waals surface area contributed by atoms with E-state index in [0.29, 0.717) is 24.1 Å². The summed E-state index contributed by atoms with van der Waals surface area (Å²) >= 11 is 0. The lowest BCUT2D eigenvalue weighted by Crippen LogP contribution is -2.55. The molecule has 0 bridgehead atoms. The third-order valence-electron chi connectivity index (χ3n) is 4.27. The van der Waals surface area contributed by atoms with Crippen molar-refractivity contribution in [3.63, 3.8) is 0 Å². The van der Waals surface area contributed by atoms with Crippen LogP contribution in [-0.4, -0.2) is 34.6 Å². The second kappa shape index (κ2) is 8.00. The highest BCUT2D eigenvalue weighted by molar-refractivity contribution is 5.99. The Bertz CT molecular complexity index is 651. The molecule has 1 saturated carbocycles. The summed E-state index contributed by atoms with van der Waals surface area (Å²) < 4.78 is 0. The lowest BCUT2D eigenvalue weighted by atomic mass is 9.81. The van der Waals surface area contributed by atoms with E-state index in [-0.39, 0.29) is 12.1 Å². The number of carbonyl (C=O) groups is 3. The Labute approximate surface area is 147 Å². The molecule has 2 rings (SSSR count). The Kier molecular flexibility index (Phi) is 6.01. The predicted molar refractivity (Wildman–Crippen MR) is 94.7 cm³/mol. The van der Waals surface area contributed by atoms with Crippen molar-refractivity contribution in [1.29, 1.82) is 0 Å². The molecule has 1 aromatic rings. The van der Waals surface area contributed by atoms with E-state index in [1.54, 1.807) is 18.2 Å². The van der Waals surface area contributed by atoms with Gasteiger partial charge in [-0.25, -0.2) is 9.59 Å². The molecule has 0 heterocycles. The maximum atomic E-state index is 12.5. The smallest absolute Gasteiger partial charge is 0.329 e. The van der Waals surface area contributed by atoms with Gasteiger partial charge in [-0.3, -0.25) is 4.79 Å².